The number of pyridine rings is 1. The van der Waals surface area contributed by atoms with Crippen molar-refractivity contribution >= 4 is 24.3 Å². The molecule has 164 valence electrons. The number of imide groups is 1. The van der Waals surface area contributed by atoms with Gasteiger partial charge in [0.25, 0.3) is 0 Å². The van der Waals surface area contributed by atoms with Crippen LogP contribution in [0, 0.1) is 23.2 Å². The van der Waals surface area contributed by atoms with Crippen molar-refractivity contribution < 1.29 is 9.59 Å². The molecule has 4 aliphatic carbocycles. The summed E-state index contributed by atoms with van der Waals surface area (Å²) in [7, 11) is 0. The van der Waals surface area contributed by atoms with Crippen LogP contribution >= 0.6 is 12.4 Å². The summed E-state index contributed by atoms with van der Waals surface area (Å²) in [6.45, 7) is 1.96. The maximum absolute atomic E-state index is 13.0. The number of aryl methyl sites for hydroxylation is 1. The third-order valence-corrected chi connectivity index (χ3v) is 8.07. The summed E-state index contributed by atoms with van der Waals surface area (Å²) in [6, 6.07) is 3.94. The highest BCUT2D eigenvalue weighted by Gasteiger charge is 2.50. The number of hydrogen-bond acceptors (Lipinski definition) is 3. The van der Waals surface area contributed by atoms with Gasteiger partial charge >= 0.3 is 6.03 Å². The van der Waals surface area contributed by atoms with Crippen LogP contribution in [0.5, 0.6) is 0 Å². The van der Waals surface area contributed by atoms with Gasteiger partial charge in [-0.2, -0.15) is 0 Å². The fourth-order valence-electron chi connectivity index (χ4n) is 7.13. The SMILES string of the molecule is Cl.O=C1CCN(CCC23CC4CC(CC(C4)C2)C3)C(=O)N1CCCc1ccncc1. The molecule has 1 aliphatic heterocycles. The summed E-state index contributed by atoms with van der Waals surface area (Å²) >= 11 is 0. The molecule has 0 spiro atoms. The van der Waals surface area contributed by atoms with Crippen LogP contribution in [0.25, 0.3) is 0 Å². The monoisotopic (exact) mass is 431 g/mol. The van der Waals surface area contributed by atoms with E-state index in [9.17, 15) is 9.59 Å². The molecule has 5 nitrogen and oxygen atoms in total. The summed E-state index contributed by atoms with van der Waals surface area (Å²) in [4.78, 5) is 32.9. The van der Waals surface area contributed by atoms with Gasteiger partial charge in [0.1, 0.15) is 0 Å². The first-order valence-electron chi connectivity index (χ1n) is 11.6. The lowest BCUT2D eigenvalue weighted by Crippen LogP contribution is -2.54. The summed E-state index contributed by atoms with van der Waals surface area (Å²) in [5.41, 5.74) is 1.69. The first-order valence-corrected chi connectivity index (χ1v) is 11.6. The molecule has 1 aromatic heterocycles. The molecule has 4 bridgehead atoms. The second kappa shape index (κ2) is 8.86. The van der Waals surface area contributed by atoms with Gasteiger partial charge < -0.3 is 4.90 Å². The predicted octanol–water partition coefficient (Wildman–Crippen LogP) is 4.70. The Kier molecular flexibility index (Phi) is 6.38. The van der Waals surface area contributed by atoms with Crippen molar-refractivity contribution in [3.8, 4) is 0 Å². The number of amides is 3. The number of carbonyl (C=O) groups is 2. The first-order chi connectivity index (χ1) is 14.1. The van der Waals surface area contributed by atoms with Crippen LogP contribution in [-0.4, -0.2) is 46.4 Å². The van der Waals surface area contributed by atoms with Crippen molar-refractivity contribution in [2.75, 3.05) is 19.6 Å². The highest BCUT2D eigenvalue weighted by molar-refractivity contribution is 5.96. The van der Waals surface area contributed by atoms with E-state index in [0.29, 0.717) is 24.9 Å². The molecule has 1 aromatic rings. The van der Waals surface area contributed by atoms with Crippen LogP contribution in [0.1, 0.15) is 63.4 Å². The van der Waals surface area contributed by atoms with Gasteiger partial charge in [-0.1, -0.05) is 0 Å². The number of halogens is 1. The third-order valence-electron chi connectivity index (χ3n) is 8.07. The molecular weight excluding hydrogens is 398 g/mol. The summed E-state index contributed by atoms with van der Waals surface area (Å²) in [6.07, 6.45) is 15.4. The van der Waals surface area contributed by atoms with Crippen LogP contribution in [0.15, 0.2) is 24.5 Å². The van der Waals surface area contributed by atoms with Gasteiger partial charge in [-0.3, -0.25) is 14.7 Å². The topological polar surface area (TPSA) is 53.5 Å². The van der Waals surface area contributed by atoms with Crippen molar-refractivity contribution in [2.24, 2.45) is 23.2 Å². The van der Waals surface area contributed by atoms with Crippen molar-refractivity contribution in [3.05, 3.63) is 30.1 Å². The van der Waals surface area contributed by atoms with E-state index in [1.807, 2.05) is 17.0 Å². The molecule has 0 unspecified atom stereocenters. The average Bonchev–Trinajstić information content (AvgIpc) is 2.70. The second-order valence-electron chi connectivity index (χ2n) is 10.2. The lowest BCUT2D eigenvalue weighted by Gasteiger charge is -2.57. The summed E-state index contributed by atoms with van der Waals surface area (Å²) in [5.74, 6) is 2.84. The molecule has 6 heteroatoms. The van der Waals surface area contributed by atoms with Gasteiger partial charge in [0.2, 0.25) is 5.91 Å². The second-order valence-corrected chi connectivity index (χ2v) is 10.2. The van der Waals surface area contributed by atoms with Gasteiger partial charge in [-0.25, -0.2) is 4.79 Å². The summed E-state index contributed by atoms with van der Waals surface area (Å²) in [5, 5.41) is 0. The van der Waals surface area contributed by atoms with Gasteiger partial charge in [-0.15, -0.1) is 12.4 Å². The molecule has 1 saturated heterocycles. The maximum atomic E-state index is 13.0. The van der Waals surface area contributed by atoms with Crippen molar-refractivity contribution in [2.45, 2.75) is 64.2 Å². The molecular formula is C24H34ClN3O2. The van der Waals surface area contributed by atoms with Crippen molar-refractivity contribution in [1.29, 1.82) is 0 Å². The minimum Gasteiger partial charge on any atom is -0.324 e. The van der Waals surface area contributed by atoms with Crippen molar-refractivity contribution in [3.63, 3.8) is 0 Å². The Labute approximate surface area is 186 Å². The van der Waals surface area contributed by atoms with E-state index < -0.39 is 0 Å². The Balaban J connectivity index is 0.00000218. The largest absolute Gasteiger partial charge is 0.326 e. The minimum absolute atomic E-state index is 0. The van der Waals surface area contributed by atoms with Gasteiger partial charge in [0.05, 0.1) is 0 Å². The van der Waals surface area contributed by atoms with Crippen molar-refractivity contribution in [1.82, 2.24) is 14.8 Å². The van der Waals surface area contributed by atoms with E-state index >= 15 is 0 Å². The van der Waals surface area contributed by atoms with E-state index in [0.717, 1.165) is 43.6 Å². The standard InChI is InChI=1S/C24H33N3O2.ClH/c28-22-5-10-26(23(29)27(22)9-1-2-18-3-7-25-8-4-18)11-6-24-15-19-12-20(16-24)14-21(13-19)17-24;/h3-4,7-8,19-21H,1-2,5-6,9-17H2;1H. The molecule has 0 aromatic carbocycles. The van der Waals surface area contributed by atoms with Crippen LogP contribution in [0.2, 0.25) is 0 Å². The quantitative estimate of drug-likeness (QED) is 0.628. The normalized spacial score (nSPS) is 32.5. The molecule has 0 atom stereocenters. The van der Waals surface area contributed by atoms with Gasteiger partial charge in [0.15, 0.2) is 0 Å². The number of rotatable bonds is 7. The zero-order chi connectivity index (χ0) is 19.8. The molecule has 5 aliphatic rings. The Hall–Kier alpha value is -1.62. The Morgan fingerprint density at radius 1 is 0.967 bits per heavy atom. The lowest BCUT2D eigenvalue weighted by atomic mass is 9.49. The van der Waals surface area contributed by atoms with E-state index in [2.05, 4.69) is 4.98 Å². The summed E-state index contributed by atoms with van der Waals surface area (Å²) < 4.78 is 0. The van der Waals surface area contributed by atoms with Gasteiger partial charge in [-0.05, 0) is 98.7 Å². The molecule has 0 radical (unpaired) electrons. The number of urea groups is 1. The smallest absolute Gasteiger partial charge is 0.324 e. The fourth-order valence-corrected chi connectivity index (χ4v) is 7.13. The minimum atomic E-state index is -0.0549. The Bertz CT molecular complexity index is 734. The van der Waals surface area contributed by atoms with Crippen LogP contribution in [0.3, 0.4) is 0 Å². The highest BCUT2D eigenvalue weighted by atomic mass is 35.5. The van der Waals surface area contributed by atoms with Crippen LogP contribution in [0.4, 0.5) is 4.79 Å². The van der Waals surface area contributed by atoms with E-state index in [4.69, 9.17) is 0 Å². The predicted molar refractivity (Wildman–Crippen MR) is 118 cm³/mol. The number of hydrogen-bond donors (Lipinski definition) is 0. The Morgan fingerprint density at radius 3 is 2.23 bits per heavy atom. The van der Waals surface area contributed by atoms with E-state index in [-0.39, 0.29) is 24.3 Å². The molecule has 5 fully saturated rings. The molecule has 3 amide bonds. The lowest BCUT2D eigenvalue weighted by molar-refractivity contribution is -0.131. The van der Waals surface area contributed by atoms with E-state index in [1.165, 1.54) is 49.0 Å². The number of aromatic nitrogens is 1. The fraction of sp³-hybridized carbons (Fsp3) is 0.708. The molecule has 30 heavy (non-hydrogen) atoms. The number of carbonyl (C=O) groups excluding carboxylic acids is 2. The van der Waals surface area contributed by atoms with Gasteiger partial charge in [0, 0.05) is 38.4 Å². The van der Waals surface area contributed by atoms with Crippen LogP contribution < -0.4 is 0 Å². The maximum Gasteiger partial charge on any atom is 0.326 e. The number of nitrogens with zero attached hydrogens (tertiary/aromatic N) is 3. The average molecular weight is 432 g/mol. The van der Waals surface area contributed by atoms with Crippen LogP contribution in [-0.2, 0) is 11.2 Å². The molecule has 6 rings (SSSR count). The Morgan fingerprint density at radius 2 is 1.60 bits per heavy atom. The first kappa shape index (κ1) is 21.6. The molecule has 0 N–H and O–H groups in total. The zero-order valence-corrected chi connectivity index (χ0v) is 18.6. The third kappa shape index (κ3) is 4.37. The van der Waals surface area contributed by atoms with E-state index in [1.54, 1.807) is 12.4 Å². The highest BCUT2D eigenvalue weighted by Crippen LogP contribution is 2.61. The zero-order valence-electron chi connectivity index (χ0n) is 17.8. The molecule has 2 heterocycles. The molecule has 4 saturated carbocycles.